The van der Waals surface area contributed by atoms with E-state index in [1.807, 2.05) is 20.8 Å². The van der Waals surface area contributed by atoms with E-state index in [0.717, 1.165) is 6.42 Å². The normalized spacial score (nSPS) is 11.4. The van der Waals surface area contributed by atoms with Crippen molar-refractivity contribution in [3.05, 3.63) is 23.8 Å². The van der Waals surface area contributed by atoms with Crippen LogP contribution in [0.3, 0.4) is 0 Å². The van der Waals surface area contributed by atoms with Gasteiger partial charge in [0, 0.05) is 11.6 Å². The third-order valence-electron chi connectivity index (χ3n) is 2.36. The first-order valence-corrected chi connectivity index (χ1v) is 4.54. The van der Waals surface area contributed by atoms with Crippen LogP contribution in [0.4, 0.5) is 0 Å². The van der Waals surface area contributed by atoms with Crippen molar-refractivity contribution in [3.63, 3.8) is 0 Å². The minimum atomic E-state index is -1.01. The molecular weight excluding hydrogens is 180 g/mol. The summed E-state index contributed by atoms with van der Waals surface area (Å²) < 4.78 is 0. The van der Waals surface area contributed by atoms with Gasteiger partial charge in [0.25, 0.3) is 0 Å². The molecule has 1 aromatic rings. The number of hydrogen-bond acceptors (Lipinski definition) is 3. The monoisotopic (exact) mass is 194 g/mol. The van der Waals surface area contributed by atoms with Gasteiger partial charge in [0.1, 0.15) is 5.82 Å². The first-order valence-electron chi connectivity index (χ1n) is 4.54. The van der Waals surface area contributed by atoms with Crippen LogP contribution in [0.2, 0.25) is 0 Å². The topological polar surface area (TPSA) is 63.1 Å². The van der Waals surface area contributed by atoms with E-state index in [9.17, 15) is 4.79 Å². The van der Waals surface area contributed by atoms with Gasteiger partial charge in [-0.05, 0) is 12.5 Å². The highest BCUT2D eigenvalue weighted by atomic mass is 16.4. The molecule has 14 heavy (non-hydrogen) atoms. The lowest BCUT2D eigenvalue weighted by Gasteiger charge is -2.20. The lowest BCUT2D eigenvalue weighted by molar-refractivity contribution is 0.0689. The largest absolute Gasteiger partial charge is 0.477 e. The Kier molecular flexibility index (Phi) is 2.84. The molecule has 76 valence electrons. The molecule has 0 saturated carbocycles. The number of carbonyl (C=O) groups is 1. The average Bonchev–Trinajstić information content (AvgIpc) is 2.18. The quantitative estimate of drug-likeness (QED) is 0.797. The summed E-state index contributed by atoms with van der Waals surface area (Å²) in [5.74, 6) is -0.430. The van der Waals surface area contributed by atoms with Crippen LogP contribution in [0.5, 0.6) is 0 Å². The Morgan fingerprint density at radius 3 is 2.71 bits per heavy atom. The second-order valence-corrected chi connectivity index (χ2v) is 3.81. The Labute approximate surface area is 83.0 Å². The van der Waals surface area contributed by atoms with Crippen LogP contribution in [-0.4, -0.2) is 21.0 Å². The highest BCUT2D eigenvalue weighted by molar-refractivity contribution is 5.85. The van der Waals surface area contributed by atoms with Crippen LogP contribution in [-0.2, 0) is 5.41 Å². The van der Waals surface area contributed by atoms with Crippen molar-refractivity contribution in [2.24, 2.45) is 0 Å². The highest BCUT2D eigenvalue weighted by Crippen LogP contribution is 2.22. The molecular formula is C10H14N2O2. The third kappa shape index (κ3) is 2.07. The zero-order chi connectivity index (χ0) is 10.8. The van der Waals surface area contributed by atoms with Crippen molar-refractivity contribution in [1.29, 1.82) is 0 Å². The minimum absolute atomic E-state index is 0.0523. The Balaban J connectivity index is 3.12. The van der Waals surface area contributed by atoms with E-state index in [-0.39, 0.29) is 11.1 Å². The van der Waals surface area contributed by atoms with Crippen LogP contribution in [0, 0.1) is 0 Å². The first kappa shape index (κ1) is 10.6. The maximum Gasteiger partial charge on any atom is 0.354 e. The minimum Gasteiger partial charge on any atom is -0.477 e. The van der Waals surface area contributed by atoms with Crippen molar-refractivity contribution < 1.29 is 9.90 Å². The summed E-state index contributed by atoms with van der Waals surface area (Å²) in [5.41, 5.74) is -0.123. The fourth-order valence-electron chi connectivity index (χ4n) is 0.962. The molecule has 0 radical (unpaired) electrons. The van der Waals surface area contributed by atoms with Gasteiger partial charge in [0.05, 0.1) is 0 Å². The van der Waals surface area contributed by atoms with Crippen molar-refractivity contribution in [2.45, 2.75) is 32.6 Å². The number of aromatic carboxylic acids is 1. The zero-order valence-electron chi connectivity index (χ0n) is 8.61. The molecule has 0 fully saturated rings. The molecule has 0 unspecified atom stereocenters. The number of carboxylic acid groups (broad SMARTS) is 1. The van der Waals surface area contributed by atoms with Gasteiger partial charge >= 0.3 is 5.97 Å². The van der Waals surface area contributed by atoms with Gasteiger partial charge in [-0.15, -0.1) is 0 Å². The molecule has 0 aliphatic rings. The van der Waals surface area contributed by atoms with E-state index in [1.165, 1.54) is 12.3 Å². The van der Waals surface area contributed by atoms with Crippen LogP contribution >= 0.6 is 0 Å². The summed E-state index contributed by atoms with van der Waals surface area (Å²) >= 11 is 0. The summed E-state index contributed by atoms with van der Waals surface area (Å²) in [6.45, 7) is 6.01. The van der Waals surface area contributed by atoms with Gasteiger partial charge in [-0.2, -0.15) is 0 Å². The fraction of sp³-hybridized carbons (Fsp3) is 0.500. The van der Waals surface area contributed by atoms with Gasteiger partial charge in [0.15, 0.2) is 5.69 Å². The average molecular weight is 194 g/mol. The summed E-state index contributed by atoms with van der Waals surface area (Å²) in [6.07, 6.45) is 2.36. The van der Waals surface area contributed by atoms with E-state index in [2.05, 4.69) is 9.97 Å². The second kappa shape index (κ2) is 3.74. The summed E-state index contributed by atoms with van der Waals surface area (Å²) in [7, 11) is 0. The zero-order valence-corrected chi connectivity index (χ0v) is 8.61. The Morgan fingerprint density at radius 1 is 1.57 bits per heavy atom. The number of carboxylic acids is 1. The first-order chi connectivity index (χ1) is 6.47. The molecule has 0 aromatic carbocycles. The van der Waals surface area contributed by atoms with E-state index < -0.39 is 5.97 Å². The Bertz CT molecular complexity index is 348. The number of rotatable bonds is 3. The maximum absolute atomic E-state index is 10.7. The smallest absolute Gasteiger partial charge is 0.354 e. The summed E-state index contributed by atoms with van der Waals surface area (Å²) in [4.78, 5) is 18.8. The Hall–Kier alpha value is -1.45. The van der Waals surface area contributed by atoms with Crippen molar-refractivity contribution in [2.75, 3.05) is 0 Å². The number of aromatic nitrogens is 2. The third-order valence-corrected chi connectivity index (χ3v) is 2.36. The molecule has 0 aliphatic heterocycles. The maximum atomic E-state index is 10.7. The van der Waals surface area contributed by atoms with Gasteiger partial charge < -0.3 is 5.11 Å². The lowest BCUT2D eigenvalue weighted by atomic mass is 9.89. The standard InChI is InChI=1S/C10H14N2O2/c1-4-10(2,3)9-11-6-5-7(12-9)8(13)14/h5-6H,4H2,1-3H3,(H,13,14). The van der Waals surface area contributed by atoms with Crippen LogP contribution < -0.4 is 0 Å². The predicted octanol–water partition coefficient (Wildman–Crippen LogP) is 1.86. The van der Waals surface area contributed by atoms with E-state index in [4.69, 9.17) is 5.11 Å². The molecule has 1 N–H and O–H groups in total. The van der Waals surface area contributed by atoms with Gasteiger partial charge in [-0.25, -0.2) is 14.8 Å². The van der Waals surface area contributed by atoms with Crippen LogP contribution in [0.1, 0.15) is 43.5 Å². The van der Waals surface area contributed by atoms with Gasteiger partial charge in [-0.1, -0.05) is 20.8 Å². The van der Waals surface area contributed by atoms with Gasteiger partial charge in [0.2, 0.25) is 0 Å². The summed E-state index contributed by atoms with van der Waals surface area (Å²) in [5, 5.41) is 8.76. The predicted molar refractivity (Wildman–Crippen MR) is 52.3 cm³/mol. The Morgan fingerprint density at radius 2 is 2.21 bits per heavy atom. The molecule has 0 spiro atoms. The van der Waals surface area contributed by atoms with Gasteiger partial charge in [-0.3, -0.25) is 0 Å². The van der Waals surface area contributed by atoms with Crippen molar-refractivity contribution in [1.82, 2.24) is 9.97 Å². The molecule has 1 aromatic heterocycles. The second-order valence-electron chi connectivity index (χ2n) is 3.81. The molecule has 4 nitrogen and oxygen atoms in total. The molecule has 0 atom stereocenters. The van der Waals surface area contributed by atoms with Crippen LogP contribution in [0.25, 0.3) is 0 Å². The van der Waals surface area contributed by atoms with E-state index in [0.29, 0.717) is 5.82 Å². The molecule has 0 aliphatic carbocycles. The molecule has 0 saturated heterocycles. The van der Waals surface area contributed by atoms with Crippen LogP contribution in [0.15, 0.2) is 12.3 Å². The molecule has 4 heteroatoms. The molecule has 0 bridgehead atoms. The number of nitrogens with zero attached hydrogens (tertiary/aromatic N) is 2. The molecule has 0 amide bonds. The number of hydrogen-bond donors (Lipinski definition) is 1. The SMILES string of the molecule is CCC(C)(C)c1nccc(C(=O)O)n1. The van der Waals surface area contributed by atoms with Crippen molar-refractivity contribution >= 4 is 5.97 Å². The molecule has 1 heterocycles. The fourth-order valence-corrected chi connectivity index (χ4v) is 0.962. The van der Waals surface area contributed by atoms with Crippen molar-refractivity contribution in [3.8, 4) is 0 Å². The molecule has 1 rings (SSSR count). The summed E-state index contributed by atoms with van der Waals surface area (Å²) in [6, 6.07) is 1.40. The van der Waals surface area contributed by atoms with E-state index in [1.54, 1.807) is 0 Å². The van der Waals surface area contributed by atoms with E-state index >= 15 is 0 Å². The highest BCUT2D eigenvalue weighted by Gasteiger charge is 2.22. The lowest BCUT2D eigenvalue weighted by Crippen LogP contribution is -2.20.